The first-order valence-electron chi connectivity index (χ1n) is 6.90. The van der Waals surface area contributed by atoms with E-state index >= 15 is 0 Å². The van der Waals surface area contributed by atoms with Crippen LogP contribution in [-0.2, 0) is 16.4 Å². The van der Waals surface area contributed by atoms with Crippen molar-refractivity contribution in [3.8, 4) is 6.07 Å². The van der Waals surface area contributed by atoms with Crippen molar-refractivity contribution in [2.75, 3.05) is 6.54 Å². The van der Waals surface area contributed by atoms with E-state index in [1.165, 1.54) is 30.3 Å². The minimum atomic E-state index is -3.88. The lowest BCUT2D eigenvalue weighted by Gasteiger charge is -2.18. The van der Waals surface area contributed by atoms with Crippen molar-refractivity contribution in [3.05, 3.63) is 65.5 Å². The van der Waals surface area contributed by atoms with Gasteiger partial charge in [0.25, 0.3) is 0 Å². The van der Waals surface area contributed by atoms with Crippen molar-refractivity contribution in [2.24, 2.45) is 5.73 Å². The summed E-state index contributed by atoms with van der Waals surface area (Å²) < 4.78 is 41.2. The third-order valence-electron chi connectivity index (χ3n) is 3.31. The highest BCUT2D eigenvalue weighted by molar-refractivity contribution is 7.89. The maximum absolute atomic E-state index is 13.8. The van der Waals surface area contributed by atoms with Crippen molar-refractivity contribution in [2.45, 2.75) is 17.4 Å². The van der Waals surface area contributed by atoms with Crippen LogP contribution in [0.1, 0.15) is 17.2 Å². The molecule has 0 heterocycles. The second-order valence-corrected chi connectivity index (χ2v) is 6.63. The van der Waals surface area contributed by atoms with Crippen LogP contribution in [0.3, 0.4) is 0 Å². The Morgan fingerprint density at radius 1 is 1.22 bits per heavy atom. The molecule has 0 amide bonds. The van der Waals surface area contributed by atoms with Crippen LogP contribution in [0.15, 0.2) is 53.4 Å². The minimum absolute atomic E-state index is 0.0139. The zero-order valence-electron chi connectivity index (χ0n) is 12.2. The van der Waals surface area contributed by atoms with Crippen LogP contribution in [0.2, 0.25) is 0 Å². The summed E-state index contributed by atoms with van der Waals surface area (Å²) in [6.07, 6.45) is 0.108. The zero-order chi connectivity index (χ0) is 16.9. The van der Waals surface area contributed by atoms with Crippen LogP contribution in [-0.4, -0.2) is 15.0 Å². The van der Waals surface area contributed by atoms with E-state index in [0.29, 0.717) is 5.56 Å². The van der Waals surface area contributed by atoms with E-state index in [1.54, 1.807) is 18.2 Å². The number of nitrogens with zero attached hydrogens (tertiary/aromatic N) is 1. The summed E-state index contributed by atoms with van der Waals surface area (Å²) in [6, 6.07) is 13.0. The van der Waals surface area contributed by atoms with E-state index in [9.17, 15) is 12.8 Å². The average Bonchev–Trinajstić information content (AvgIpc) is 2.54. The van der Waals surface area contributed by atoms with Gasteiger partial charge in [-0.2, -0.15) is 5.26 Å². The lowest BCUT2D eigenvalue weighted by molar-refractivity contribution is 0.538. The van der Waals surface area contributed by atoms with Gasteiger partial charge < -0.3 is 5.73 Å². The first-order chi connectivity index (χ1) is 11.0. The Bertz CT molecular complexity index is 831. The summed E-state index contributed by atoms with van der Waals surface area (Å²) in [6.45, 7) is -0.0853. The number of hydrogen-bond donors (Lipinski definition) is 2. The first-order valence-corrected chi connectivity index (χ1v) is 8.39. The standard InChI is InChI=1S/C16H16FN3O2S/c17-15-7-2-1-6-14(15)16(11-19)20-23(21,22)13-5-3-4-12(10-13)8-9-18/h1-7,10,16,20H,8,11,19H2. The average molecular weight is 333 g/mol. The number of benzene rings is 2. The summed E-state index contributed by atoms with van der Waals surface area (Å²) in [5, 5.41) is 8.70. The second kappa shape index (κ2) is 7.33. The number of nitriles is 1. The van der Waals surface area contributed by atoms with Gasteiger partial charge >= 0.3 is 0 Å². The predicted octanol–water partition coefficient (Wildman–Crippen LogP) is 1.87. The molecule has 0 aliphatic carbocycles. The minimum Gasteiger partial charge on any atom is -0.329 e. The lowest BCUT2D eigenvalue weighted by Crippen LogP contribution is -2.34. The Balaban J connectivity index is 2.31. The summed E-state index contributed by atoms with van der Waals surface area (Å²) in [5.74, 6) is -0.524. The topological polar surface area (TPSA) is 96.0 Å². The van der Waals surface area contributed by atoms with E-state index in [4.69, 9.17) is 11.0 Å². The van der Waals surface area contributed by atoms with E-state index in [1.807, 2.05) is 6.07 Å². The first kappa shape index (κ1) is 17.1. The number of sulfonamides is 1. The monoisotopic (exact) mass is 333 g/mol. The fourth-order valence-electron chi connectivity index (χ4n) is 2.17. The molecule has 0 fully saturated rings. The largest absolute Gasteiger partial charge is 0.329 e. The molecule has 1 unspecified atom stereocenters. The quantitative estimate of drug-likeness (QED) is 0.843. The van der Waals surface area contributed by atoms with Crippen molar-refractivity contribution in [1.82, 2.24) is 4.72 Å². The number of rotatable bonds is 6. The predicted molar refractivity (Wildman–Crippen MR) is 84.3 cm³/mol. The van der Waals surface area contributed by atoms with Crippen LogP contribution in [0.5, 0.6) is 0 Å². The van der Waals surface area contributed by atoms with Crippen molar-refractivity contribution in [3.63, 3.8) is 0 Å². The lowest BCUT2D eigenvalue weighted by atomic mass is 10.1. The molecule has 0 saturated carbocycles. The maximum atomic E-state index is 13.8. The van der Waals surface area contributed by atoms with Crippen LogP contribution in [0.4, 0.5) is 4.39 Å². The van der Waals surface area contributed by atoms with Crippen LogP contribution >= 0.6 is 0 Å². The molecule has 2 rings (SSSR count). The molecule has 2 aromatic rings. The van der Waals surface area contributed by atoms with Crippen LogP contribution in [0, 0.1) is 17.1 Å². The van der Waals surface area contributed by atoms with Crippen LogP contribution < -0.4 is 10.5 Å². The summed E-state index contributed by atoms with van der Waals surface area (Å²) in [4.78, 5) is 0.0139. The highest BCUT2D eigenvalue weighted by atomic mass is 32.2. The van der Waals surface area contributed by atoms with Gasteiger partial charge in [0.2, 0.25) is 10.0 Å². The molecule has 0 saturated heterocycles. The molecule has 0 bridgehead atoms. The molecule has 0 aliphatic rings. The van der Waals surface area contributed by atoms with Gasteiger partial charge in [-0.15, -0.1) is 0 Å². The molecule has 7 heteroatoms. The molecule has 0 aliphatic heterocycles. The van der Waals surface area contributed by atoms with Gasteiger partial charge in [-0.05, 0) is 23.8 Å². The van der Waals surface area contributed by atoms with Gasteiger partial charge in [0.15, 0.2) is 0 Å². The van der Waals surface area contributed by atoms with E-state index in [0.717, 1.165) is 0 Å². The smallest absolute Gasteiger partial charge is 0.241 e. The molecule has 2 aromatic carbocycles. The van der Waals surface area contributed by atoms with Gasteiger partial charge in [-0.25, -0.2) is 17.5 Å². The Kier molecular flexibility index (Phi) is 5.45. The molecule has 23 heavy (non-hydrogen) atoms. The molecular formula is C16H16FN3O2S. The van der Waals surface area contributed by atoms with E-state index in [2.05, 4.69) is 4.72 Å². The summed E-state index contributed by atoms with van der Waals surface area (Å²) in [7, 11) is -3.88. The number of nitrogens with two attached hydrogens (primary N) is 1. The Labute approximate surface area is 134 Å². The molecule has 0 spiro atoms. The number of hydrogen-bond acceptors (Lipinski definition) is 4. The van der Waals surface area contributed by atoms with Gasteiger partial charge in [-0.3, -0.25) is 0 Å². The van der Waals surface area contributed by atoms with Crippen molar-refractivity contribution in [1.29, 1.82) is 5.26 Å². The molecular weight excluding hydrogens is 317 g/mol. The van der Waals surface area contributed by atoms with Crippen LogP contribution in [0.25, 0.3) is 0 Å². The molecule has 5 nitrogen and oxygen atoms in total. The maximum Gasteiger partial charge on any atom is 0.241 e. The third-order valence-corrected chi connectivity index (χ3v) is 4.78. The molecule has 1 atom stereocenters. The number of halogens is 1. The second-order valence-electron chi connectivity index (χ2n) is 4.91. The van der Waals surface area contributed by atoms with E-state index in [-0.39, 0.29) is 23.4 Å². The van der Waals surface area contributed by atoms with Crippen molar-refractivity contribution >= 4 is 10.0 Å². The number of nitrogens with one attached hydrogen (secondary N) is 1. The van der Waals surface area contributed by atoms with E-state index < -0.39 is 21.9 Å². The van der Waals surface area contributed by atoms with Gasteiger partial charge in [-0.1, -0.05) is 30.3 Å². The van der Waals surface area contributed by atoms with Gasteiger partial charge in [0, 0.05) is 12.1 Å². The highest BCUT2D eigenvalue weighted by Crippen LogP contribution is 2.20. The summed E-state index contributed by atoms with van der Waals surface area (Å²) in [5.41, 5.74) is 6.38. The van der Waals surface area contributed by atoms with Crippen molar-refractivity contribution < 1.29 is 12.8 Å². The fourth-order valence-corrected chi connectivity index (χ4v) is 3.46. The molecule has 0 aromatic heterocycles. The third kappa shape index (κ3) is 4.13. The molecule has 3 N–H and O–H groups in total. The Morgan fingerprint density at radius 2 is 1.96 bits per heavy atom. The normalized spacial score (nSPS) is 12.6. The Morgan fingerprint density at radius 3 is 2.61 bits per heavy atom. The zero-order valence-corrected chi connectivity index (χ0v) is 13.1. The Hall–Kier alpha value is -2.27. The molecule has 0 radical (unpaired) electrons. The summed E-state index contributed by atoms with van der Waals surface area (Å²) >= 11 is 0. The van der Waals surface area contributed by atoms with Gasteiger partial charge in [0.05, 0.1) is 23.4 Å². The fraction of sp³-hybridized carbons (Fsp3) is 0.188. The molecule has 120 valence electrons. The SMILES string of the molecule is N#CCc1cccc(S(=O)(=O)NC(CN)c2ccccc2F)c1. The highest BCUT2D eigenvalue weighted by Gasteiger charge is 2.22. The van der Waals surface area contributed by atoms with Gasteiger partial charge in [0.1, 0.15) is 5.82 Å².